The first-order valence-corrected chi connectivity index (χ1v) is 11.0. The average Bonchev–Trinajstić information content (AvgIpc) is 2.87. The molecule has 0 amide bonds. The molecule has 0 aromatic heterocycles. The molecule has 0 saturated carbocycles. The van der Waals surface area contributed by atoms with E-state index < -0.39 is 5.97 Å². The van der Waals surface area contributed by atoms with Gasteiger partial charge >= 0.3 is 5.97 Å². The second kappa shape index (κ2) is 11.0. The minimum Gasteiger partial charge on any atom is -0.489 e. The van der Waals surface area contributed by atoms with Crippen LogP contribution in [-0.4, -0.2) is 19.2 Å². The Balaban J connectivity index is 1.62. The van der Waals surface area contributed by atoms with Gasteiger partial charge in [-0.1, -0.05) is 91.5 Å². The molecule has 0 bridgehead atoms. The summed E-state index contributed by atoms with van der Waals surface area (Å²) in [5, 5.41) is 1.60. The first-order valence-electron chi connectivity index (χ1n) is 11.0. The topological polar surface area (TPSA) is 44.8 Å². The number of fused-ring (bicyclic) bond motifs is 1. The van der Waals surface area contributed by atoms with Crippen LogP contribution in [0.25, 0.3) is 10.8 Å². The van der Waals surface area contributed by atoms with Gasteiger partial charge in [-0.25, -0.2) is 4.79 Å². The summed E-state index contributed by atoms with van der Waals surface area (Å²) in [6, 6.07) is 29.8. The van der Waals surface area contributed by atoms with Crippen molar-refractivity contribution in [1.82, 2.24) is 0 Å². The minimum atomic E-state index is -0.520. The van der Waals surface area contributed by atoms with E-state index in [0.717, 1.165) is 29.7 Å². The van der Waals surface area contributed by atoms with E-state index in [0.29, 0.717) is 30.5 Å². The quantitative estimate of drug-likeness (QED) is 0.169. The van der Waals surface area contributed by atoms with E-state index in [1.54, 1.807) is 6.07 Å². The predicted octanol–water partition coefficient (Wildman–Crippen LogP) is 6.17. The van der Waals surface area contributed by atoms with Crippen molar-refractivity contribution in [2.45, 2.75) is 12.8 Å². The normalized spacial score (nSPS) is 10.5. The van der Waals surface area contributed by atoms with Crippen molar-refractivity contribution in [3.05, 3.63) is 115 Å². The number of carbonyl (C=O) groups excluding carboxylic acids is 1. The zero-order valence-electron chi connectivity index (χ0n) is 18.4. The maximum atomic E-state index is 11.9. The van der Waals surface area contributed by atoms with E-state index in [-0.39, 0.29) is 0 Å². The summed E-state index contributed by atoms with van der Waals surface area (Å²) in [5.41, 5.74) is 2.38. The third-order valence-electron chi connectivity index (χ3n) is 5.27. The Bertz CT molecular complexity index is 1220. The molecule has 4 aromatic rings. The van der Waals surface area contributed by atoms with Crippen molar-refractivity contribution in [2.24, 2.45) is 0 Å². The maximum Gasteiger partial charge on any atom is 0.335 e. The molecular formula is C29H26O4. The number of benzene rings is 4. The number of esters is 1. The number of hydrogen-bond donors (Lipinski definition) is 0. The second-order valence-electron chi connectivity index (χ2n) is 7.54. The zero-order valence-corrected chi connectivity index (χ0v) is 18.4. The average molecular weight is 439 g/mol. The molecule has 0 fully saturated rings. The van der Waals surface area contributed by atoms with E-state index in [4.69, 9.17) is 14.2 Å². The van der Waals surface area contributed by atoms with Gasteiger partial charge in [-0.2, -0.15) is 0 Å². The second-order valence-corrected chi connectivity index (χ2v) is 7.54. The Morgan fingerprint density at radius 3 is 1.85 bits per heavy atom. The smallest absolute Gasteiger partial charge is 0.335 e. The molecule has 0 atom stereocenters. The highest BCUT2D eigenvalue weighted by Crippen LogP contribution is 2.42. The van der Waals surface area contributed by atoms with E-state index in [1.165, 1.54) is 11.1 Å². The fourth-order valence-electron chi connectivity index (χ4n) is 3.62. The molecule has 0 N–H and O–H groups in total. The molecule has 4 heteroatoms. The van der Waals surface area contributed by atoms with Crippen molar-refractivity contribution in [3.8, 4) is 17.2 Å². The molecule has 0 saturated heterocycles. The van der Waals surface area contributed by atoms with Crippen LogP contribution in [0.15, 0.2) is 104 Å². The van der Waals surface area contributed by atoms with E-state index in [9.17, 15) is 4.79 Å². The number of carbonyl (C=O) groups is 1. The van der Waals surface area contributed by atoms with Crippen LogP contribution in [0.1, 0.15) is 11.1 Å². The highest BCUT2D eigenvalue weighted by atomic mass is 16.5. The fraction of sp³-hybridized carbons (Fsp3) is 0.138. The number of ether oxygens (including phenoxy) is 3. The molecule has 0 heterocycles. The SMILES string of the molecule is C=CC(=O)Oc1cc(OCCc2ccccc2)c(OCCc2ccccc2)c2ccccc12. The van der Waals surface area contributed by atoms with Gasteiger partial charge in [-0.3, -0.25) is 0 Å². The summed E-state index contributed by atoms with van der Waals surface area (Å²) in [4.78, 5) is 11.9. The Morgan fingerprint density at radius 2 is 1.24 bits per heavy atom. The molecule has 166 valence electrons. The fourth-order valence-corrected chi connectivity index (χ4v) is 3.62. The van der Waals surface area contributed by atoms with E-state index >= 15 is 0 Å². The van der Waals surface area contributed by atoms with Gasteiger partial charge in [0.15, 0.2) is 11.5 Å². The van der Waals surface area contributed by atoms with Crippen molar-refractivity contribution < 1.29 is 19.0 Å². The van der Waals surface area contributed by atoms with Crippen LogP contribution in [-0.2, 0) is 17.6 Å². The molecule has 0 aliphatic heterocycles. The highest BCUT2D eigenvalue weighted by Gasteiger charge is 2.17. The molecule has 0 aliphatic rings. The molecule has 4 aromatic carbocycles. The Labute approximate surface area is 194 Å². The van der Waals surface area contributed by atoms with Crippen LogP contribution in [0.3, 0.4) is 0 Å². The first kappa shape index (κ1) is 22.2. The van der Waals surface area contributed by atoms with Crippen LogP contribution < -0.4 is 14.2 Å². The van der Waals surface area contributed by atoms with Crippen LogP contribution in [0, 0.1) is 0 Å². The summed E-state index contributed by atoms with van der Waals surface area (Å²) in [5.74, 6) is 1.09. The summed E-state index contributed by atoms with van der Waals surface area (Å²) in [6.45, 7) is 4.46. The van der Waals surface area contributed by atoms with Crippen LogP contribution in [0.5, 0.6) is 17.2 Å². The monoisotopic (exact) mass is 438 g/mol. The standard InChI is InChI=1S/C29H26O4/c1-2-28(30)33-26-21-27(31-19-17-22-11-5-3-6-12-22)29(25-16-10-9-15-24(25)26)32-20-18-23-13-7-4-8-14-23/h2-16,21H,1,17-20H2. The van der Waals surface area contributed by atoms with Gasteiger partial charge in [-0.05, 0) is 11.1 Å². The Hall–Kier alpha value is -4.05. The van der Waals surface area contributed by atoms with Crippen molar-refractivity contribution >= 4 is 16.7 Å². The third-order valence-corrected chi connectivity index (χ3v) is 5.27. The Kier molecular flexibility index (Phi) is 7.39. The van der Waals surface area contributed by atoms with Gasteiger partial charge in [0.05, 0.1) is 13.2 Å². The van der Waals surface area contributed by atoms with E-state index in [1.807, 2.05) is 60.7 Å². The molecule has 0 radical (unpaired) electrons. The lowest BCUT2D eigenvalue weighted by Crippen LogP contribution is -2.08. The maximum absolute atomic E-state index is 11.9. The largest absolute Gasteiger partial charge is 0.489 e. The van der Waals surface area contributed by atoms with Gasteiger partial charge < -0.3 is 14.2 Å². The molecule has 0 spiro atoms. The van der Waals surface area contributed by atoms with Crippen molar-refractivity contribution in [3.63, 3.8) is 0 Å². The predicted molar refractivity (Wildman–Crippen MR) is 131 cm³/mol. The lowest BCUT2D eigenvalue weighted by Gasteiger charge is -2.18. The van der Waals surface area contributed by atoms with E-state index in [2.05, 4.69) is 30.8 Å². The highest BCUT2D eigenvalue weighted by molar-refractivity contribution is 5.97. The molecule has 4 rings (SSSR count). The van der Waals surface area contributed by atoms with Gasteiger partial charge in [0.2, 0.25) is 0 Å². The van der Waals surface area contributed by atoms with Crippen molar-refractivity contribution in [1.29, 1.82) is 0 Å². The van der Waals surface area contributed by atoms with Crippen LogP contribution in [0.4, 0.5) is 0 Å². The minimum absolute atomic E-state index is 0.417. The van der Waals surface area contributed by atoms with Crippen molar-refractivity contribution in [2.75, 3.05) is 13.2 Å². The Morgan fingerprint density at radius 1 is 0.697 bits per heavy atom. The third kappa shape index (κ3) is 5.80. The zero-order chi connectivity index (χ0) is 22.9. The van der Waals surface area contributed by atoms with Gasteiger partial charge in [0.25, 0.3) is 0 Å². The van der Waals surface area contributed by atoms with Gasteiger partial charge in [-0.15, -0.1) is 0 Å². The molecule has 0 aliphatic carbocycles. The summed E-state index contributed by atoms with van der Waals surface area (Å²) < 4.78 is 17.9. The summed E-state index contributed by atoms with van der Waals surface area (Å²) >= 11 is 0. The molecule has 0 unspecified atom stereocenters. The lowest BCUT2D eigenvalue weighted by molar-refractivity contribution is -0.128. The number of rotatable bonds is 10. The molecule has 33 heavy (non-hydrogen) atoms. The van der Waals surface area contributed by atoms with Crippen LogP contribution >= 0.6 is 0 Å². The molecular weight excluding hydrogens is 412 g/mol. The lowest BCUT2D eigenvalue weighted by atomic mass is 10.1. The van der Waals surface area contributed by atoms with Crippen LogP contribution in [0.2, 0.25) is 0 Å². The number of hydrogen-bond acceptors (Lipinski definition) is 4. The summed E-state index contributed by atoms with van der Waals surface area (Å²) in [6.07, 6.45) is 2.67. The summed E-state index contributed by atoms with van der Waals surface area (Å²) in [7, 11) is 0. The van der Waals surface area contributed by atoms with Gasteiger partial charge in [0, 0.05) is 35.8 Å². The molecule has 4 nitrogen and oxygen atoms in total. The van der Waals surface area contributed by atoms with Gasteiger partial charge in [0.1, 0.15) is 5.75 Å². The first-order chi connectivity index (χ1) is 16.2.